The number of hydrogen-bond acceptors (Lipinski definition) is 2. The highest BCUT2D eigenvalue weighted by atomic mass is 16.5. The fourth-order valence-corrected chi connectivity index (χ4v) is 1.73. The lowest BCUT2D eigenvalue weighted by Crippen LogP contribution is -2.05. The van der Waals surface area contributed by atoms with Gasteiger partial charge in [-0.2, -0.15) is 0 Å². The van der Waals surface area contributed by atoms with E-state index in [1.165, 1.54) is 12.7 Å². The monoisotopic (exact) mass is 214 g/mol. The van der Waals surface area contributed by atoms with Gasteiger partial charge in [0.15, 0.2) is 0 Å². The minimum absolute atomic E-state index is 0.349. The number of ether oxygens (including phenoxy) is 1. The summed E-state index contributed by atoms with van der Waals surface area (Å²) >= 11 is 0. The van der Waals surface area contributed by atoms with Crippen molar-refractivity contribution in [3.8, 4) is 0 Å². The fraction of sp³-hybridized carbons (Fsp3) is 0.214. The number of hydrogen-bond donors (Lipinski definition) is 0. The van der Waals surface area contributed by atoms with Crippen LogP contribution < -0.4 is 0 Å². The maximum Gasteiger partial charge on any atom is 0.337 e. The second-order valence-corrected chi connectivity index (χ2v) is 3.81. The fourth-order valence-electron chi connectivity index (χ4n) is 1.73. The number of benzene rings is 1. The molecular weight excluding hydrogens is 200 g/mol. The van der Waals surface area contributed by atoms with Gasteiger partial charge in [0.25, 0.3) is 0 Å². The highest BCUT2D eigenvalue weighted by molar-refractivity contribution is 6.06. The van der Waals surface area contributed by atoms with Gasteiger partial charge in [-0.1, -0.05) is 42.5 Å². The summed E-state index contributed by atoms with van der Waals surface area (Å²) in [6.45, 7) is 3.83. The SMILES string of the molecule is C=C(C(=O)OC)C(=C1CC1)c1ccccc1. The van der Waals surface area contributed by atoms with Crippen LogP contribution in [0.2, 0.25) is 0 Å². The molecule has 0 aromatic heterocycles. The average Bonchev–Trinajstić information content (AvgIpc) is 3.14. The first kappa shape index (κ1) is 10.7. The van der Waals surface area contributed by atoms with Crippen LogP contribution in [0.25, 0.3) is 5.57 Å². The van der Waals surface area contributed by atoms with Gasteiger partial charge < -0.3 is 4.74 Å². The molecule has 1 aromatic carbocycles. The largest absolute Gasteiger partial charge is 0.465 e. The van der Waals surface area contributed by atoms with Gasteiger partial charge in [0.1, 0.15) is 0 Å². The van der Waals surface area contributed by atoms with E-state index < -0.39 is 0 Å². The van der Waals surface area contributed by atoms with Gasteiger partial charge in [-0.05, 0) is 24.0 Å². The highest BCUT2D eigenvalue weighted by Gasteiger charge is 2.24. The van der Waals surface area contributed by atoms with Gasteiger partial charge in [-0.25, -0.2) is 4.79 Å². The van der Waals surface area contributed by atoms with Gasteiger partial charge in [-0.15, -0.1) is 0 Å². The van der Waals surface area contributed by atoms with Crippen LogP contribution in [0, 0.1) is 0 Å². The molecule has 0 spiro atoms. The quantitative estimate of drug-likeness (QED) is 0.571. The molecule has 0 radical (unpaired) electrons. The molecule has 82 valence electrons. The van der Waals surface area contributed by atoms with Crippen LogP contribution in [-0.4, -0.2) is 13.1 Å². The number of carbonyl (C=O) groups is 1. The molecule has 2 rings (SSSR count). The summed E-state index contributed by atoms with van der Waals surface area (Å²) < 4.78 is 4.72. The lowest BCUT2D eigenvalue weighted by atomic mass is 9.98. The topological polar surface area (TPSA) is 26.3 Å². The van der Waals surface area contributed by atoms with E-state index in [1.807, 2.05) is 30.3 Å². The molecule has 2 nitrogen and oxygen atoms in total. The summed E-state index contributed by atoms with van der Waals surface area (Å²) in [5.41, 5.74) is 3.76. The molecule has 0 heterocycles. The maximum atomic E-state index is 11.5. The van der Waals surface area contributed by atoms with Crippen LogP contribution in [0.15, 0.2) is 48.1 Å². The Morgan fingerprint density at radius 1 is 1.25 bits per heavy atom. The van der Waals surface area contributed by atoms with Crippen LogP contribution >= 0.6 is 0 Å². The van der Waals surface area contributed by atoms with E-state index >= 15 is 0 Å². The van der Waals surface area contributed by atoms with Gasteiger partial charge >= 0.3 is 5.97 Å². The number of rotatable bonds is 3. The molecule has 16 heavy (non-hydrogen) atoms. The molecule has 0 N–H and O–H groups in total. The Bertz CT molecular complexity index is 449. The van der Waals surface area contributed by atoms with E-state index in [0.717, 1.165) is 24.0 Å². The van der Waals surface area contributed by atoms with Crippen molar-refractivity contribution in [1.82, 2.24) is 0 Å². The third-order valence-electron chi connectivity index (χ3n) is 2.65. The Morgan fingerprint density at radius 2 is 1.88 bits per heavy atom. The van der Waals surface area contributed by atoms with Crippen LogP contribution in [0.4, 0.5) is 0 Å². The van der Waals surface area contributed by atoms with Crippen LogP contribution in [0.3, 0.4) is 0 Å². The Morgan fingerprint density at radius 3 is 2.38 bits per heavy atom. The van der Waals surface area contributed by atoms with E-state index in [9.17, 15) is 4.79 Å². The van der Waals surface area contributed by atoms with Gasteiger partial charge in [0.2, 0.25) is 0 Å². The highest BCUT2D eigenvalue weighted by Crippen LogP contribution is 2.39. The van der Waals surface area contributed by atoms with Crippen molar-refractivity contribution in [1.29, 1.82) is 0 Å². The van der Waals surface area contributed by atoms with Crippen molar-refractivity contribution in [3.63, 3.8) is 0 Å². The Kier molecular flexibility index (Phi) is 2.91. The average molecular weight is 214 g/mol. The molecule has 0 bridgehead atoms. The zero-order valence-corrected chi connectivity index (χ0v) is 9.32. The molecule has 0 atom stereocenters. The minimum Gasteiger partial charge on any atom is -0.465 e. The Hall–Kier alpha value is -1.83. The number of allylic oxidation sites excluding steroid dienone is 1. The smallest absolute Gasteiger partial charge is 0.337 e. The molecule has 1 fully saturated rings. The summed E-state index contributed by atoms with van der Waals surface area (Å²) in [5.74, 6) is -0.349. The zero-order valence-electron chi connectivity index (χ0n) is 9.32. The third kappa shape index (κ3) is 2.06. The van der Waals surface area contributed by atoms with Gasteiger partial charge in [0.05, 0.1) is 12.7 Å². The first-order valence-corrected chi connectivity index (χ1v) is 5.29. The molecule has 1 aliphatic rings. The van der Waals surface area contributed by atoms with Crippen molar-refractivity contribution < 1.29 is 9.53 Å². The van der Waals surface area contributed by atoms with Crippen molar-refractivity contribution in [2.45, 2.75) is 12.8 Å². The molecule has 1 aromatic rings. The normalized spacial score (nSPS) is 13.2. The summed E-state index contributed by atoms with van der Waals surface area (Å²) in [4.78, 5) is 11.5. The summed E-state index contributed by atoms with van der Waals surface area (Å²) in [6, 6.07) is 9.87. The number of esters is 1. The molecule has 1 saturated carbocycles. The molecule has 0 aliphatic heterocycles. The van der Waals surface area contributed by atoms with Crippen molar-refractivity contribution in [2.24, 2.45) is 0 Å². The van der Waals surface area contributed by atoms with Crippen molar-refractivity contribution in [2.75, 3.05) is 7.11 Å². The first-order valence-electron chi connectivity index (χ1n) is 5.29. The second-order valence-electron chi connectivity index (χ2n) is 3.81. The predicted octanol–water partition coefficient (Wildman–Crippen LogP) is 2.96. The standard InChI is InChI=1S/C14H14O2/c1-10(14(15)16-2)13(12-8-9-12)11-6-4-3-5-7-11/h3-7H,1,8-9H2,2H3. The molecule has 0 saturated heterocycles. The summed E-state index contributed by atoms with van der Waals surface area (Å²) in [7, 11) is 1.38. The van der Waals surface area contributed by atoms with Gasteiger partial charge in [-0.3, -0.25) is 0 Å². The summed E-state index contributed by atoms with van der Waals surface area (Å²) in [6.07, 6.45) is 2.11. The Balaban J connectivity index is 2.38. The van der Waals surface area contributed by atoms with E-state index in [1.54, 1.807) is 0 Å². The van der Waals surface area contributed by atoms with E-state index in [4.69, 9.17) is 4.74 Å². The summed E-state index contributed by atoms with van der Waals surface area (Å²) in [5, 5.41) is 0. The lowest BCUT2D eigenvalue weighted by molar-refractivity contribution is -0.135. The Labute approximate surface area is 95.2 Å². The molecule has 0 amide bonds. The van der Waals surface area contributed by atoms with Gasteiger partial charge in [0, 0.05) is 0 Å². The minimum atomic E-state index is -0.349. The lowest BCUT2D eigenvalue weighted by Gasteiger charge is -2.09. The van der Waals surface area contributed by atoms with Crippen LogP contribution in [0.5, 0.6) is 0 Å². The van der Waals surface area contributed by atoms with Crippen molar-refractivity contribution in [3.05, 3.63) is 53.6 Å². The molecule has 1 aliphatic carbocycles. The van der Waals surface area contributed by atoms with Crippen LogP contribution in [0.1, 0.15) is 18.4 Å². The van der Waals surface area contributed by atoms with E-state index in [-0.39, 0.29) is 5.97 Å². The zero-order chi connectivity index (χ0) is 11.5. The second kappa shape index (κ2) is 4.35. The number of carbonyl (C=O) groups excluding carboxylic acids is 1. The number of methoxy groups -OCH3 is 1. The first-order chi connectivity index (χ1) is 7.74. The maximum absolute atomic E-state index is 11.5. The van der Waals surface area contributed by atoms with Crippen molar-refractivity contribution >= 4 is 11.5 Å². The molecule has 2 heteroatoms. The third-order valence-corrected chi connectivity index (χ3v) is 2.65. The predicted molar refractivity (Wildman–Crippen MR) is 63.8 cm³/mol. The van der Waals surface area contributed by atoms with Crippen LogP contribution in [-0.2, 0) is 9.53 Å². The van der Waals surface area contributed by atoms with E-state index in [2.05, 4.69) is 6.58 Å². The molecular formula is C14H14O2. The van der Waals surface area contributed by atoms with E-state index in [0.29, 0.717) is 5.57 Å². The molecule has 0 unspecified atom stereocenters.